The van der Waals surface area contributed by atoms with Crippen molar-refractivity contribution >= 4 is 11.9 Å². The summed E-state index contributed by atoms with van der Waals surface area (Å²) in [5.41, 5.74) is 0.0311. The van der Waals surface area contributed by atoms with Crippen LogP contribution in [0.15, 0.2) is 23.1 Å². The number of aryl methyl sites for hydroxylation is 1. The van der Waals surface area contributed by atoms with Crippen molar-refractivity contribution in [3.05, 3.63) is 34.2 Å². The van der Waals surface area contributed by atoms with E-state index in [0.29, 0.717) is 12.5 Å². The zero-order chi connectivity index (χ0) is 16.0. The molecule has 0 fully saturated rings. The summed E-state index contributed by atoms with van der Waals surface area (Å²) in [5, 5.41) is 11.6. The van der Waals surface area contributed by atoms with E-state index in [2.05, 4.69) is 5.32 Å². The number of pyridine rings is 1. The molecule has 0 radical (unpaired) electrons. The van der Waals surface area contributed by atoms with Gasteiger partial charge in [0.05, 0.1) is 0 Å². The smallest absolute Gasteiger partial charge is 0.303 e. The molecule has 1 unspecified atom stereocenters. The lowest BCUT2D eigenvalue weighted by Gasteiger charge is -2.17. The van der Waals surface area contributed by atoms with Crippen LogP contribution in [-0.2, 0) is 11.8 Å². The predicted octanol–water partition coefficient (Wildman–Crippen LogP) is 1.25. The van der Waals surface area contributed by atoms with E-state index in [9.17, 15) is 14.4 Å². The van der Waals surface area contributed by atoms with Crippen LogP contribution >= 0.6 is 0 Å². The fraction of sp³-hybridized carbons (Fsp3) is 0.533. The lowest BCUT2D eigenvalue weighted by Crippen LogP contribution is -2.32. The van der Waals surface area contributed by atoms with Crippen LogP contribution in [0, 0.1) is 11.8 Å². The van der Waals surface area contributed by atoms with Crippen molar-refractivity contribution in [2.24, 2.45) is 18.9 Å². The van der Waals surface area contributed by atoms with E-state index in [4.69, 9.17) is 5.11 Å². The van der Waals surface area contributed by atoms with Crippen molar-refractivity contribution in [2.45, 2.75) is 26.7 Å². The van der Waals surface area contributed by atoms with Gasteiger partial charge in [0.15, 0.2) is 0 Å². The van der Waals surface area contributed by atoms with E-state index < -0.39 is 5.97 Å². The number of rotatable bonds is 7. The van der Waals surface area contributed by atoms with Gasteiger partial charge in [-0.15, -0.1) is 0 Å². The number of carboxylic acid groups (broad SMARTS) is 1. The lowest BCUT2D eigenvalue weighted by molar-refractivity contribution is -0.138. The van der Waals surface area contributed by atoms with Gasteiger partial charge in [0, 0.05) is 37.8 Å². The molecule has 1 aromatic rings. The number of carbonyl (C=O) groups excluding carboxylic acids is 1. The Balaban J connectivity index is 2.65. The van der Waals surface area contributed by atoms with Crippen molar-refractivity contribution in [2.75, 3.05) is 6.54 Å². The monoisotopic (exact) mass is 294 g/mol. The normalized spacial score (nSPS) is 12.2. The Kier molecular flexibility index (Phi) is 6.14. The zero-order valence-corrected chi connectivity index (χ0v) is 12.6. The summed E-state index contributed by atoms with van der Waals surface area (Å²) in [7, 11) is 1.61. The predicted molar refractivity (Wildman–Crippen MR) is 79.2 cm³/mol. The summed E-state index contributed by atoms with van der Waals surface area (Å²) >= 11 is 0. The Hall–Kier alpha value is -2.11. The molecule has 6 nitrogen and oxygen atoms in total. The quantitative estimate of drug-likeness (QED) is 0.792. The standard InChI is InChI=1S/C15H22N2O4/c1-10(2)6-11(7-14(19)20)9-16-15(21)12-4-5-17(3)13(18)8-12/h4-5,8,10-11H,6-7,9H2,1-3H3,(H,16,21)(H,19,20). The van der Waals surface area contributed by atoms with Gasteiger partial charge >= 0.3 is 5.97 Å². The molecular weight excluding hydrogens is 272 g/mol. The maximum absolute atomic E-state index is 12.0. The van der Waals surface area contributed by atoms with Gasteiger partial charge in [0.1, 0.15) is 0 Å². The molecule has 2 N–H and O–H groups in total. The molecule has 1 heterocycles. The van der Waals surface area contributed by atoms with Crippen LogP contribution in [0.1, 0.15) is 37.0 Å². The van der Waals surface area contributed by atoms with Crippen LogP contribution in [0.4, 0.5) is 0 Å². The highest BCUT2D eigenvalue weighted by atomic mass is 16.4. The summed E-state index contributed by atoms with van der Waals surface area (Å²) < 4.78 is 1.38. The zero-order valence-electron chi connectivity index (χ0n) is 12.6. The number of aromatic nitrogens is 1. The van der Waals surface area contributed by atoms with Crippen LogP contribution < -0.4 is 10.9 Å². The van der Waals surface area contributed by atoms with Crippen molar-refractivity contribution in [1.82, 2.24) is 9.88 Å². The second-order valence-corrected chi connectivity index (χ2v) is 5.67. The van der Waals surface area contributed by atoms with Gasteiger partial charge in [-0.3, -0.25) is 14.4 Å². The highest BCUT2D eigenvalue weighted by Gasteiger charge is 2.16. The average Bonchev–Trinajstić information content (AvgIpc) is 2.37. The molecule has 0 spiro atoms. The summed E-state index contributed by atoms with van der Waals surface area (Å²) in [4.78, 5) is 34.3. The minimum atomic E-state index is -0.872. The molecular formula is C15H22N2O4. The fourth-order valence-corrected chi connectivity index (χ4v) is 2.18. The molecule has 0 aliphatic carbocycles. The maximum Gasteiger partial charge on any atom is 0.303 e. The Morgan fingerprint density at radius 1 is 1.38 bits per heavy atom. The Morgan fingerprint density at radius 2 is 2.05 bits per heavy atom. The molecule has 0 saturated heterocycles. The van der Waals surface area contributed by atoms with Crippen LogP contribution in [-0.4, -0.2) is 28.1 Å². The highest BCUT2D eigenvalue weighted by Crippen LogP contribution is 2.14. The molecule has 1 amide bonds. The molecule has 0 aromatic carbocycles. The van der Waals surface area contributed by atoms with E-state index in [1.54, 1.807) is 13.1 Å². The summed E-state index contributed by atoms with van der Waals surface area (Å²) in [6.07, 6.45) is 2.28. The molecule has 116 valence electrons. The minimum Gasteiger partial charge on any atom is -0.481 e. The molecule has 0 aliphatic heterocycles. The molecule has 0 bridgehead atoms. The van der Waals surface area contributed by atoms with Crippen LogP contribution in [0.2, 0.25) is 0 Å². The first-order chi connectivity index (χ1) is 9.79. The third-order valence-corrected chi connectivity index (χ3v) is 3.19. The van der Waals surface area contributed by atoms with Gasteiger partial charge in [-0.25, -0.2) is 0 Å². The number of hydrogen-bond donors (Lipinski definition) is 2. The summed E-state index contributed by atoms with van der Waals surface area (Å²) in [5.74, 6) is -0.983. The fourth-order valence-electron chi connectivity index (χ4n) is 2.18. The van der Waals surface area contributed by atoms with Gasteiger partial charge < -0.3 is 15.0 Å². The number of nitrogens with one attached hydrogen (secondary N) is 1. The molecule has 0 saturated carbocycles. The summed E-state index contributed by atoms with van der Waals surface area (Å²) in [6, 6.07) is 2.83. The molecule has 1 atom stereocenters. The van der Waals surface area contributed by atoms with E-state index >= 15 is 0 Å². The number of carbonyl (C=O) groups is 2. The Morgan fingerprint density at radius 3 is 2.57 bits per heavy atom. The average molecular weight is 294 g/mol. The number of aliphatic carboxylic acids is 1. The Labute approximate surface area is 123 Å². The second-order valence-electron chi connectivity index (χ2n) is 5.67. The molecule has 6 heteroatoms. The van der Waals surface area contributed by atoms with Crippen LogP contribution in [0.5, 0.6) is 0 Å². The first kappa shape index (κ1) is 16.9. The second kappa shape index (κ2) is 7.61. The van der Waals surface area contributed by atoms with E-state index in [1.165, 1.54) is 16.8 Å². The topological polar surface area (TPSA) is 88.4 Å². The highest BCUT2D eigenvalue weighted by molar-refractivity contribution is 5.93. The number of amides is 1. The minimum absolute atomic E-state index is 0.0228. The van der Waals surface area contributed by atoms with Crippen LogP contribution in [0.25, 0.3) is 0 Å². The van der Waals surface area contributed by atoms with Gasteiger partial charge in [-0.05, 0) is 24.3 Å². The third-order valence-electron chi connectivity index (χ3n) is 3.19. The van der Waals surface area contributed by atoms with Gasteiger partial charge in [0.2, 0.25) is 0 Å². The van der Waals surface area contributed by atoms with E-state index in [0.717, 1.165) is 6.42 Å². The van der Waals surface area contributed by atoms with Crippen molar-refractivity contribution in [3.8, 4) is 0 Å². The van der Waals surface area contributed by atoms with Crippen LogP contribution in [0.3, 0.4) is 0 Å². The molecule has 1 rings (SSSR count). The number of nitrogens with zero attached hydrogens (tertiary/aromatic N) is 1. The maximum atomic E-state index is 12.0. The van der Waals surface area contributed by atoms with E-state index in [1.807, 2.05) is 13.8 Å². The van der Waals surface area contributed by atoms with Gasteiger partial charge in [-0.2, -0.15) is 0 Å². The SMILES string of the molecule is CC(C)CC(CNC(=O)c1ccn(C)c(=O)c1)CC(=O)O. The van der Waals surface area contributed by atoms with Crippen molar-refractivity contribution in [3.63, 3.8) is 0 Å². The molecule has 21 heavy (non-hydrogen) atoms. The molecule has 0 aliphatic rings. The third kappa shape index (κ3) is 5.81. The first-order valence-corrected chi connectivity index (χ1v) is 6.96. The molecule has 1 aromatic heterocycles. The number of hydrogen-bond acceptors (Lipinski definition) is 3. The number of carboxylic acids is 1. The Bertz CT molecular complexity index is 563. The van der Waals surface area contributed by atoms with Crippen molar-refractivity contribution in [1.29, 1.82) is 0 Å². The van der Waals surface area contributed by atoms with Crippen molar-refractivity contribution < 1.29 is 14.7 Å². The largest absolute Gasteiger partial charge is 0.481 e. The van der Waals surface area contributed by atoms with E-state index in [-0.39, 0.29) is 29.4 Å². The lowest BCUT2D eigenvalue weighted by atomic mass is 9.94. The van der Waals surface area contributed by atoms with Gasteiger partial charge in [-0.1, -0.05) is 13.8 Å². The summed E-state index contributed by atoms with van der Waals surface area (Å²) in [6.45, 7) is 4.31. The first-order valence-electron chi connectivity index (χ1n) is 6.96. The van der Waals surface area contributed by atoms with Gasteiger partial charge in [0.25, 0.3) is 11.5 Å².